The van der Waals surface area contributed by atoms with Crippen molar-refractivity contribution >= 4 is 17.7 Å². The van der Waals surface area contributed by atoms with E-state index in [1.165, 1.54) is 24.4 Å². The number of carbonyl (C=O) groups is 1. The first kappa shape index (κ1) is 15.8. The fourth-order valence-corrected chi connectivity index (χ4v) is 3.50. The van der Waals surface area contributed by atoms with E-state index in [0.717, 1.165) is 17.4 Å². The Labute approximate surface area is 139 Å². The van der Waals surface area contributed by atoms with Crippen LogP contribution in [0.2, 0.25) is 0 Å². The first-order valence-corrected chi connectivity index (χ1v) is 8.51. The Kier molecular flexibility index (Phi) is 4.81. The van der Waals surface area contributed by atoms with E-state index >= 15 is 0 Å². The summed E-state index contributed by atoms with van der Waals surface area (Å²) in [5.41, 5.74) is 1.34. The van der Waals surface area contributed by atoms with Gasteiger partial charge in [-0.15, -0.1) is 16.8 Å². The molecule has 2 aromatic rings. The average molecular weight is 329 g/mol. The Morgan fingerprint density at radius 3 is 2.87 bits per heavy atom. The first-order valence-electron chi connectivity index (χ1n) is 7.53. The molecule has 0 amide bonds. The van der Waals surface area contributed by atoms with E-state index in [9.17, 15) is 4.79 Å². The van der Waals surface area contributed by atoms with Crippen LogP contribution in [-0.4, -0.2) is 33.6 Å². The molecule has 120 valence electrons. The van der Waals surface area contributed by atoms with Gasteiger partial charge < -0.3 is 9.30 Å². The second kappa shape index (κ2) is 7.00. The minimum atomic E-state index is -0.265. The monoisotopic (exact) mass is 329 g/mol. The second-order valence-electron chi connectivity index (χ2n) is 5.46. The Morgan fingerprint density at radius 2 is 2.17 bits per heavy atom. The number of hydrogen-bond acceptors (Lipinski definition) is 5. The highest BCUT2D eigenvalue weighted by Gasteiger charge is 2.43. The van der Waals surface area contributed by atoms with Gasteiger partial charge in [0, 0.05) is 12.5 Å². The summed E-state index contributed by atoms with van der Waals surface area (Å²) in [4.78, 5) is 11.3. The van der Waals surface area contributed by atoms with Crippen molar-refractivity contribution in [1.29, 1.82) is 0 Å². The number of thioether (sulfide) groups is 1. The number of allylic oxidation sites excluding steroid dienone is 1. The van der Waals surface area contributed by atoms with Crippen LogP contribution >= 0.6 is 11.8 Å². The Bertz CT molecular complexity index is 699. The van der Waals surface area contributed by atoms with Gasteiger partial charge >= 0.3 is 5.97 Å². The van der Waals surface area contributed by atoms with Crippen LogP contribution in [0.4, 0.5) is 0 Å². The maximum Gasteiger partial charge on any atom is 0.316 e. The minimum absolute atomic E-state index is 0.235. The number of aromatic nitrogens is 3. The number of rotatable bonds is 7. The summed E-state index contributed by atoms with van der Waals surface area (Å²) < 4.78 is 6.73. The molecule has 3 rings (SSSR count). The second-order valence-corrected chi connectivity index (χ2v) is 6.41. The maximum atomic E-state index is 11.3. The highest BCUT2D eigenvalue weighted by molar-refractivity contribution is 7.99. The van der Waals surface area contributed by atoms with Gasteiger partial charge in [0.05, 0.1) is 12.9 Å². The van der Waals surface area contributed by atoms with Crippen LogP contribution in [0.5, 0.6) is 0 Å². The summed E-state index contributed by atoms with van der Waals surface area (Å²) in [6.07, 6.45) is 2.91. The van der Waals surface area contributed by atoms with Gasteiger partial charge in [0.1, 0.15) is 5.82 Å². The van der Waals surface area contributed by atoms with Crippen molar-refractivity contribution in [3.8, 4) is 0 Å². The van der Waals surface area contributed by atoms with Crippen molar-refractivity contribution in [3.05, 3.63) is 54.4 Å². The number of esters is 1. The van der Waals surface area contributed by atoms with E-state index in [2.05, 4.69) is 45.8 Å². The molecule has 2 atom stereocenters. The minimum Gasteiger partial charge on any atom is -0.468 e. The molecular weight excluding hydrogens is 310 g/mol. The van der Waals surface area contributed by atoms with Crippen LogP contribution in [0, 0.1) is 0 Å². The van der Waals surface area contributed by atoms with Crippen LogP contribution in [-0.2, 0) is 16.1 Å². The van der Waals surface area contributed by atoms with E-state index < -0.39 is 0 Å². The standard InChI is InChI=1S/C17H19N3O2S/c1-3-9-20-16(18-19-17(20)23-11-15(21)22-2)14-10-13(14)12-7-5-4-6-8-12/h3-8,13-14H,1,9-11H2,2H3. The van der Waals surface area contributed by atoms with Crippen LogP contribution < -0.4 is 0 Å². The molecule has 1 aliphatic carbocycles. The topological polar surface area (TPSA) is 57.0 Å². The molecule has 1 heterocycles. The third-order valence-electron chi connectivity index (χ3n) is 3.95. The van der Waals surface area contributed by atoms with Gasteiger partial charge in [-0.3, -0.25) is 4.79 Å². The molecule has 0 aliphatic heterocycles. The highest BCUT2D eigenvalue weighted by atomic mass is 32.2. The van der Waals surface area contributed by atoms with Crippen molar-refractivity contribution in [2.75, 3.05) is 12.9 Å². The zero-order valence-electron chi connectivity index (χ0n) is 13.0. The third-order valence-corrected chi connectivity index (χ3v) is 4.89. The van der Waals surface area contributed by atoms with Crippen LogP contribution in [0.3, 0.4) is 0 Å². The van der Waals surface area contributed by atoms with Gasteiger partial charge in [0.25, 0.3) is 0 Å². The van der Waals surface area contributed by atoms with Crippen molar-refractivity contribution in [3.63, 3.8) is 0 Å². The molecule has 6 heteroatoms. The normalized spacial score (nSPS) is 19.3. The predicted molar refractivity (Wildman–Crippen MR) is 89.5 cm³/mol. The molecule has 2 unspecified atom stereocenters. The van der Waals surface area contributed by atoms with Gasteiger partial charge in [-0.05, 0) is 17.9 Å². The molecule has 0 radical (unpaired) electrons. The van der Waals surface area contributed by atoms with Crippen molar-refractivity contribution in [2.24, 2.45) is 0 Å². The zero-order valence-corrected chi connectivity index (χ0v) is 13.8. The Morgan fingerprint density at radius 1 is 1.39 bits per heavy atom. The summed E-state index contributed by atoms with van der Waals surface area (Å²) in [5, 5.41) is 9.36. The van der Waals surface area contributed by atoms with Crippen molar-refractivity contribution in [2.45, 2.75) is 30.0 Å². The Hall–Kier alpha value is -2.08. The quantitative estimate of drug-likeness (QED) is 0.444. The molecule has 1 aromatic carbocycles. The number of benzene rings is 1. The van der Waals surface area contributed by atoms with Crippen LogP contribution in [0.15, 0.2) is 48.1 Å². The van der Waals surface area contributed by atoms with Crippen molar-refractivity contribution in [1.82, 2.24) is 14.8 Å². The molecule has 5 nitrogen and oxygen atoms in total. The van der Waals surface area contributed by atoms with Gasteiger partial charge in [0.15, 0.2) is 5.16 Å². The van der Waals surface area contributed by atoms with E-state index in [0.29, 0.717) is 18.4 Å². The molecule has 1 saturated carbocycles. The van der Waals surface area contributed by atoms with Gasteiger partial charge in [-0.1, -0.05) is 48.2 Å². The lowest BCUT2D eigenvalue weighted by Gasteiger charge is -2.07. The molecule has 23 heavy (non-hydrogen) atoms. The fraction of sp³-hybridized carbons (Fsp3) is 0.353. The molecule has 0 saturated heterocycles. The van der Waals surface area contributed by atoms with Crippen molar-refractivity contribution < 1.29 is 9.53 Å². The predicted octanol–water partition coefficient (Wildman–Crippen LogP) is 3.00. The van der Waals surface area contributed by atoms with E-state index in [-0.39, 0.29) is 11.7 Å². The highest BCUT2D eigenvalue weighted by Crippen LogP contribution is 2.54. The average Bonchev–Trinajstić information content (AvgIpc) is 3.29. The largest absolute Gasteiger partial charge is 0.468 e. The summed E-state index contributed by atoms with van der Waals surface area (Å²) in [6, 6.07) is 10.5. The molecule has 1 fully saturated rings. The lowest BCUT2D eigenvalue weighted by Crippen LogP contribution is -2.07. The molecule has 0 bridgehead atoms. The summed E-state index contributed by atoms with van der Waals surface area (Å²) >= 11 is 1.35. The molecule has 0 spiro atoms. The van der Waals surface area contributed by atoms with E-state index in [4.69, 9.17) is 0 Å². The summed E-state index contributed by atoms with van der Waals surface area (Å²) in [7, 11) is 1.39. The van der Waals surface area contributed by atoms with Gasteiger partial charge in [0.2, 0.25) is 0 Å². The Balaban J connectivity index is 1.76. The number of methoxy groups -OCH3 is 1. The fourth-order valence-electron chi connectivity index (χ4n) is 2.71. The summed E-state index contributed by atoms with van der Waals surface area (Å²) in [5.74, 6) is 1.84. The smallest absolute Gasteiger partial charge is 0.316 e. The van der Waals surface area contributed by atoms with Gasteiger partial charge in [-0.2, -0.15) is 0 Å². The van der Waals surface area contributed by atoms with Gasteiger partial charge in [-0.25, -0.2) is 0 Å². The maximum absolute atomic E-state index is 11.3. The molecule has 1 aliphatic rings. The third kappa shape index (κ3) is 3.47. The number of ether oxygens (including phenoxy) is 1. The van der Waals surface area contributed by atoms with E-state index in [1.807, 2.05) is 16.7 Å². The number of hydrogen-bond donors (Lipinski definition) is 0. The van der Waals surface area contributed by atoms with Crippen LogP contribution in [0.25, 0.3) is 0 Å². The first-order chi connectivity index (χ1) is 11.2. The zero-order chi connectivity index (χ0) is 16.2. The van der Waals surface area contributed by atoms with Crippen LogP contribution in [0.1, 0.15) is 29.6 Å². The lowest BCUT2D eigenvalue weighted by atomic mass is 10.1. The molecule has 1 aromatic heterocycles. The molecule has 0 N–H and O–H groups in total. The molecular formula is C17H19N3O2S. The SMILES string of the molecule is C=CCn1c(SCC(=O)OC)nnc1C1CC1c1ccccc1. The summed E-state index contributed by atoms with van der Waals surface area (Å²) in [6.45, 7) is 4.45. The number of carbonyl (C=O) groups excluding carboxylic acids is 1. The number of nitrogens with zero attached hydrogens (tertiary/aromatic N) is 3. The lowest BCUT2D eigenvalue weighted by molar-refractivity contribution is -0.137. The van der Waals surface area contributed by atoms with E-state index in [1.54, 1.807) is 0 Å².